The smallest absolute Gasteiger partial charge is 0.319 e. The minimum atomic E-state index is -3.32. The number of ether oxygens (including phenoxy) is 1. The quantitative estimate of drug-likeness (QED) is 0.783. The molecule has 7 nitrogen and oxygen atoms in total. The van der Waals surface area contributed by atoms with Crippen LogP contribution in [0.1, 0.15) is 25.7 Å². The third-order valence-electron chi connectivity index (χ3n) is 3.90. The highest BCUT2D eigenvalue weighted by Gasteiger charge is 2.17. The van der Waals surface area contributed by atoms with Gasteiger partial charge in [-0.05, 0) is 37.8 Å². The van der Waals surface area contributed by atoms with Crippen molar-refractivity contribution in [3.63, 3.8) is 0 Å². The van der Waals surface area contributed by atoms with Crippen molar-refractivity contribution in [2.75, 3.05) is 31.7 Å². The van der Waals surface area contributed by atoms with E-state index in [4.69, 9.17) is 4.74 Å². The summed E-state index contributed by atoms with van der Waals surface area (Å²) in [5.41, 5.74) is 0.610. The van der Waals surface area contributed by atoms with Gasteiger partial charge in [-0.3, -0.25) is 0 Å². The Morgan fingerprint density at radius 2 is 2.00 bits per heavy atom. The molecule has 1 fully saturated rings. The summed E-state index contributed by atoms with van der Waals surface area (Å²) in [6.07, 6.45) is 4.78. The minimum Gasteiger partial charge on any atom is -0.490 e. The van der Waals surface area contributed by atoms with E-state index in [9.17, 15) is 13.2 Å². The Labute approximate surface area is 143 Å². The first-order valence-electron chi connectivity index (χ1n) is 8.08. The average molecular weight is 355 g/mol. The van der Waals surface area contributed by atoms with Gasteiger partial charge in [0, 0.05) is 32.4 Å². The number of sulfonamides is 1. The van der Waals surface area contributed by atoms with Gasteiger partial charge in [0.1, 0.15) is 5.75 Å². The molecule has 1 aromatic carbocycles. The van der Waals surface area contributed by atoms with Gasteiger partial charge in [0.25, 0.3) is 0 Å². The molecule has 1 aliphatic rings. The van der Waals surface area contributed by atoms with Crippen molar-refractivity contribution in [3.05, 3.63) is 24.3 Å². The summed E-state index contributed by atoms with van der Waals surface area (Å²) in [4.78, 5) is 11.9. The maximum Gasteiger partial charge on any atom is 0.319 e. The number of anilines is 1. The standard InChI is InChI=1S/C16H25N3O4S/c1-19(2)24(21,22)11-10-17-16(20)18-13-6-5-9-15(12-13)23-14-7-3-4-8-14/h5-6,9,12,14H,3-4,7-8,10-11H2,1-2H3,(H2,17,18,20). The van der Waals surface area contributed by atoms with Crippen LogP contribution in [0.15, 0.2) is 24.3 Å². The Hall–Kier alpha value is -1.80. The number of amides is 2. The molecule has 2 amide bonds. The van der Waals surface area contributed by atoms with Crippen LogP contribution >= 0.6 is 0 Å². The first-order valence-corrected chi connectivity index (χ1v) is 9.69. The lowest BCUT2D eigenvalue weighted by Crippen LogP contribution is -2.36. The molecular formula is C16H25N3O4S. The molecule has 0 saturated heterocycles. The molecule has 2 rings (SSSR count). The van der Waals surface area contributed by atoms with Crippen LogP contribution in [0.25, 0.3) is 0 Å². The molecule has 0 aromatic heterocycles. The molecule has 0 unspecified atom stereocenters. The second-order valence-electron chi connectivity index (χ2n) is 6.03. The van der Waals surface area contributed by atoms with Gasteiger partial charge in [-0.15, -0.1) is 0 Å². The van der Waals surface area contributed by atoms with Crippen LogP contribution in [0.2, 0.25) is 0 Å². The van der Waals surface area contributed by atoms with Crippen molar-refractivity contribution in [2.45, 2.75) is 31.8 Å². The molecule has 1 aromatic rings. The molecule has 134 valence electrons. The summed E-state index contributed by atoms with van der Waals surface area (Å²) in [6, 6.07) is 6.77. The van der Waals surface area contributed by atoms with E-state index in [1.807, 2.05) is 12.1 Å². The van der Waals surface area contributed by atoms with Gasteiger partial charge in [0.15, 0.2) is 0 Å². The number of carbonyl (C=O) groups is 1. The normalized spacial score (nSPS) is 15.5. The number of nitrogens with zero attached hydrogens (tertiary/aromatic N) is 1. The lowest BCUT2D eigenvalue weighted by molar-refractivity contribution is 0.210. The molecule has 1 saturated carbocycles. The number of hydrogen-bond acceptors (Lipinski definition) is 4. The summed E-state index contributed by atoms with van der Waals surface area (Å²) in [6.45, 7) is 0.0462. The number of carbonyl (C=O) groups excluding carboxylic acids is 1. The van der Waals surface area contributed by atoms with Gasteiger partial charge >= 0.3 is 6.03 Å². The fourth-order valence-electron chi connectivity index (χ4n) is 2.50. The Kier molecular flexibility index (Phi) is 6.44. The molecule has 0 aliphatic heterocycles. The molecule has 0 spiro atoms. The van der Waals surface area contributed by atoms with Crippen molar-refractivity contribution < 1.29 is 17.9 Å². The molecule has 1 aliphatic carbocycles. The molecule has 24 heavy (non-hydrogen) atoms. The molecule has 0 bridgehead atoms. The van der Waals surface area contributed by atoms with Gasteiger partial charge < -0.3 is 15.4 Å². The van der Waals surface area contributed by atoms with Crippen LogP contribution < -0.4 is 15.4 Å². The van der Waals surface area contributed by atoms with Crippen molar-refractivity contribution in [1.29, 1.82) is 0 Å². The van der Waals surface area contributed by atoms with E-state index in [1.54, 1.807) is 12.1 Å². The topological polar surface area (TPSA) is 87.7 Å². The molecule has 0 heterocycles. The van der Waals surface area contributed by atoms with E-state index in [0.29, 0.717) is 5.69 Å². The minimum absolute atomic E-state index is 0.0462. The van der Waals surface area contributed by atoms with E-state index in [0.717, 1.165) is 22.9 Å². The molecule has 2 N–H and O–H groups in total. The first-order chi connectivity index (χ1) is 11.4. The van der Waals surface area contributed by atoms with Gasteiger partial charge in [-0.25, -0.2) is 17.5 Å². The fourth-order valence-corrected chi connectivity index (χ4v) is 3.22. The van der Waals surface area contributed by atoms with Crippen molar-refractivity contribution in [3.8, 4) is 5.75 Å². The van der Waals surface area contributed by atoms with Crippen molar-refractivity contribution in [2.24, 2.45) is 0 Å². The van der Waals surface area contributed by atoms with Crippen molar-refractivity contribution in [1.82, 2.24) is 9.62 Å². The summed E-state index contributed by atoms with van der Waals surface area (Å²) >= 11 is 0. The largest absolute Gasteiger partial charge is 0.490 e. The van der Waals surface area contributed by atoms with Gasteiger partial charge in [0.2, 0.25) is 10.0 Å². The van der Waals surface area contributed by atoms with Crippen LogP contribution in [0.4, 0.5) is 10.5 Å². The average Bonchev–Trinajstić information content (AvgIpc) is 3.00. The van der Waals surface area contributed by atoms with Gasteiger partial charge in [-0.1, -0.05) is 6.07 Å². The van der Waals surface area contributed by atoms with E-state index >= 15 is 0 Å². The van der Waals surface area contributed by atoms with Crippen LogP contribution in [-0.2, 0) is 10.0 Å². The Bertz CT molecular complexity index is 655. The fraction of sp³-hybridized carbons (Fsp3) is 0.562. The Morgan fingerprint density at radius 1 is 1.29 bits per heavy atom. The summed E-state index contributed by atoms with van der Waals surface area (Å²) in [7, 11) is -0.389. The molecule has 0 atom stereocenters. The molecule has 8 heteroatoms. The van der Waals surface area contributed by atoms with E-state index in [-0.39, 0.29) is 18.4 Å². The number of nitrogens with one attached hydrogen (secondary N) is 2. The predicted molar refractivity (Wildman–Crippen MR) is 93.8 cm³/mol. The second-order valence-corrected chi connectivity index (χ2v) is 8.33. The summed E-state index contributed by atoms with van der Waals surface area (Å²) in [5, 5.41) is 5.22. The summed E-state index contributed by atoms with van der Waals surface area (Å²) in [5.74, 6) is 0.591. The SMILES string of the molecule is CN(C)S(=O)(=O)CCNC(=O)Nc1cccc(OC2CCCC2)c1. The maximum atomic E-state index is 11.9. The monoisotopic (exact) mass is 355 g/mol. The van der Waals surface area contributed by atoms with Crippen LogP contribution in [-0.4, -0.2) is 51.3 Å². The van der Waals surface area contributed by atoms with Crippen LogP contribution in [0.3, 0.4) is 0 Å². The number of rotatable bonds is 7. The third kappa shape index (κ3) is 5.68. The lowest BCUT2D eigenvalue weighted by Gasteiger charge is -2.14. The van der Waals surface area contributed by atoms with Gasteiger partial charge in [0.05, 0.1) is 11.9 Å². The Morgan fingerprint density at radius 3 is 2.67 bits per heavy atom. The highest BCUT2D eigenvalue weighted by atomic mass is 32.2. The van der Waals surface area contributed by atoms with Crippen LogP contribution in [0.5, 0.6) is 5.75 Å². The Balaban J connectivity index is 1.81. The number of urea groups is 1. The van der Waals surface area contributed by atoms with Gasteiger partial charge in [-0.2, -0.15) is 0 Å². The van der Waals surface area contributed by atoms with E-state index in [1.165, 1.54) is 26.9 Å². The number of benzene rings is 1. The zero-order valence-corrected chi connectivity index (χ0v) is 14.9. The first kappa shape index (κ1) is 18.5. The summed E-state index contributed by atoms with van der Waals surface area (Å²) < 4.78 is 30.3. The van der Waals surface area contributed by atoms with Crippen LogP contribution in [0, 0.1) is 0 Å². The lowest BCUT2D eigenvalue weighted by atomic mass is 10.2. The third-order valence-corrected chi connectivity index (χ3v) is 5.73. The van der Waals surface area contributed by atoms with E-state index < -0.39 is 16.1 Å². The van der Waals surface area contributed by atoms with Crippen molar-refractivity contribution >= 4 is 21.7 Å². The molecule has 0 radical (unpaired) electrons. The molecular weight excluding hydrogens is 330 g/mol. The predicted octanol–water partition coefficient (Wildman–Crippen LogP) is 2.02. The zero-order valence-electron chi connectivity index (χ0n) is 14.1. The van der Waals surface area contributed by atoms with E-state index in [2.05, 4.69) is 10.6 Å². The zero-order chi connectivity index (χ0) is 17.6. The number of hydrogen-bond donors (Lipinski definition) is 2. The maximum absolute atomic E-state index is 11.9. The highest BCUT2D eigenvalue weighted by molar-refractivity contribution is 7.89. The highest BCUT2D eigenvalue weighted by Crippen LogP contribution is 2.25. The second kappa shape index (κ2) is 8.34.